The molecule has 3 rings (SSSR count). The zero-order chi connectivity index (χ0) is 27.0. The van der Waals surface area contributed by atoms with Gasteiger partial charge in [0.2, 0.25) is 0 Å². The van der Waals surface area contributed by atoms with Crippen molar-refractivity contribution in [3.63, 3.8) is 0 Å². The van der Waals surface area contributed by atoms with Crippen molar-refractivity contribution in [3.05, 3.63) is 83.2 Å². The first-order chi connectivity index (χ1) is 17.5. The molecule has 0 spiro atoms. The number of aliphatic carboxylic acids is 1. The molecule has 1 atom stereocenters. The summed E-state index contributed by atoms with van der Waals surface area (Å²) < 4.78 is 64.5. The van der Waals surface area contributed by atoms with Crippen LogP contribution in [0.4, 0.5) is 17.6 Å². The summed E-state index contributed by atoms with van der Waals surface area (Å²) >= 11 is 1.62. The van der Waals surface area contributed by atoms with Crippen LogP contribution < -0.4 is 9.47 Å². The second-order valence-corrected chi connectivity index (χ2v) is 9.63. The Labute approximate surface area is 217 Å². The van der Waals surface area contributed by atoms with Crippen LogP contribution in [0.2, 0.25) is 0 Å². The summed E-state index contributed by atoms with van der Waals surface area (Å²) in [5.74, 6) is -0.370. The molecule has 3 aromatic carbocycles. The number of hydrogen-bond acceptors (Lipinski definition) is 4. The summed E-state index contributed by atoms with van der Waals surface area (Å²) in [6.45, 7) is 3.85. The van der Waals surface area contributed by atoms with Gasteiger partial charge in [0.25, 0.3) is 0 Å². The molecule has 198 valence electrons. The molecule has 0 saturated heterocycles. The van der Waals surface area contributed by atoms with Gasteiger partial charge in [-0.2, -0.15) is 13.2 Å². The summed E-state index contributed by atoms with van der Waals surface area (Å²) in [7, 11) is 0. The Kier molecular flexibility index (Phi) is 9.86. The average molecular weight is 537 g/mol. The Balaban J connectivity index is 1.64. The van der Waals surface area contributed by atoms with Crippen molar-refractivity contribution in [2.75, 3.05) is 5.75 Å². The smallest absolute Gasteiger partial charge is 0.416 e. The van der Waals surface area contributed by atoms with E-state index in [4.69, 9.17) is 14.6 Å². The SMILES string of the molecule is CCc1cc(SCCC(C)Oc2ccc(C(F)(F)F)cc2Oc2ccc(F)cc2)ccc1CCC(=O)O. The number of hydrogen-bond donors (Lipinski definition) is 1. The molecule has 37 heavy (non-hydrogen) atoms. The summed E-state index contributed by atoms with van der Waals surface area (Å²) in [6, 6.07) is 14.0. The summed E-state index contributed by atoms with van der Waals surface area (Å²) in [4.78, 5) is 11.9. The molecule has 0 fully saturated rings. The van der Waals surface area contributed by atoms with Gasteiger partial charge in [-0.1, -0.05) is 13.0 Å². The van der Waals surface area contributed by atoms with Gasteiger partial charge in [0.1, 0.15) is 11.6 Å². The van der Waals surface area contributed by atoms with E-state index < -0.39 is 23.5 Å². The molecule has 0 amide bonds. The van der Waals surface area contributed by atoms with Crippen molar-refractivity contribution in [3.8, 4) is 17.2 Å². The maximum absolute atomic E-state index is 13.3. The predicted octanol–water partition coefficient (Wildman–Crippen LogP) is 8.17. The van der Waals surface area contributed by atoms with E-state index in [1.165, 1.54) is 18.2 Å². The van der Waals surface area contributed by atoms with Crippen LogP contribution in [0.5, 0.6) is 17.2 Å². The molecule has 3 aromatic rings. The van der Waals surface area contributed by atoms with Crippen molar-refractivity contribution in [1.29, 1.82) is 0 Å². The number of ether oxygens (including phenoxy) is 2. The van der Waals surface area contributed by atoms with Crippen LogP contribution in [0, 0.1) is 5.82 Å². The van der Waals surface area contributed by atoms with Crippen molar-refractivity contribution < 1.29 is 36.9 Å². The molecule has 0 heterocycles. The quantitative estimate of drug-likeness (QED) is 0.187. The zero-order valence-electron chi connectivity index (χ0n) is 20.5. The van der Waals surface area contributed by atoms with E-state index in [-0.39, 0.29) is 29.8 Å². The normalized spacial score (nSPS) is 12.3. The van der Waals surface area contributed by atoms with Crippen LogP contribution in [0.3, 0.4) is 0 Å². The number of carboxylic acids is 1. The van der Waals surface area contributed by atoms with E-state index in [1.807, 2.05) is 26.0 Å². The van der Waals surface area contributed by atoms with E-state index >= 15 is 0 Å². The van der Waals surface area contributed by atoms with Crippen LogP contribution >= 0.6 is 11.8 Å². The van der Waals surface area contributed by atoms with Crippen molar-refractivity contribution in [1.82, 2.24) is 0 Å². The van der Waals surface area contributed by atoms with E-state index in [0.29, 0.717) is 18.6 Å². The van der Waals surface area contributed by atoms with Gasteiger partial charge in [0.15, 0.2) is 11.5 Å². The van der Waals surface area contributed by atoms with Crippen LogP contribution in [0.15, 0.2) is 65.6 Å². The van der Waals surface area contributed by atoms with Gasteiger partial charge in [-0.05, 0) is 91.9 Å². The molecule has 1 unspecified atom stereocenters. The summed E-state index contributed by atoms with van der Waals surface area (Å²) in [6.07, 6.45) is -2.88. The Morgan fingerprint density at radius 1 is 1.00 bits per heavy atom. The van der Waals surface area contributed by atoms with Gasteiger partial charge in [-0.15, -0.1) is 11.8 Å². The molecule has 0 aliphatic heterocycles. The molecule has 0 aliphatic carbocycles. The molecular weight excluding hydrogens is 508 g/mol. The molecule has 0 aliphatic rings. The van der Waals surface area contributed by atoms with Crippen LogP contribution in [-0.4, -0.2) is 22.9 Å². The summed E-state index contributed by atoms with van der Waals surface area (Å²) in [5, 5.41) is 8.93. The van der Waals surface area contributed by atoms with Gasteiger partial charge < -0.3 is 14.6 Å². The number of benzene rings is 3. The second kappa shape index (κ2) is 12.9. The molecule has 9 heteroatoms. The predicted molar refractivity (Wildman–Crippen MR) is 135 cm³/mol. The third-order valence-electron chi connectivity index (χ3n) is 5.60. The van der Waals surface area contributed by atoms with E-state index in [0.717, 1.165) is 46.7 Å². The fraction of sp³-hybridized carbons (Fsp3) is 0.321. The third-order valence-corrected chi connectivity index (χ3v) is 6.63. The van der Waals surface area contributed by atoms with E-state index in [2.05, 4.69) is 6.07 Å². The number of alkyl halides is 3. The molecule has 0 radical (unpaired) electrons. The van der Waals surface area contributed by atoms with Gasteiger partial charge in [-0.3, -0.25) is 4.79 Å². The summed E-state index contributed by atoms with van der Waals surface area (Å²) in [5.41, 5.74) is 1.27. The van der Waals surface area contributed by atoms with Crippen LogP contribution in [0.25, 0.3) is 0 Å². The number of carbonyl (C=O) groups is 1. The minimum atomic E-state index is -4.55. The standard InChI is InChI=1S/C28H28F4O4S/c1-3-19-16-24(11-4-20(19)5-13-27(33)34)37-15-14-18(2)35-25-12-6-21(28(30,31)32)17-26(25)36-23-9-7-22(29)8-10-23/h4,6-12,16-18H,3,5,13-15H2,1-2H3,(H,33,34). The van der Waals surface area contributed by atoms with Gasteiger partial charge in [0, 0.05) is 17.1 Å². The van der Waals surface area contributed by atoms with Crippen molar-refractivity contribution in [2.24, 2.45) is 0 Å². The van der Waals surface area contributed by atoms with Gasteiger partial charge >= 0.3 is 12.1 Å². The number of carboxylic acid groups (broad SMARTS) is 1. The molecule has 0 aromatic heterocycles. The highest BCUT2D eigenvalue weighted by atomic mass is 32.2. The maximum Gasteiger partial charge on any atom is 0.416 e. The number of rotatable bonds is 12. The lowest BCUT2D eigenvalue weighted by molar-refractivity contribution is -0.138. The fourth-order valence-corrected chi connectivity index (χ4v) is 4.69. The van der Waals surface area contributed by atoms with Gasteiger partial charge in [-0.25, -0.2) is 4.39 Å². The molecule has 0 bridgehead atoms. The van der Waals surface area contributed by atoms with Crippen molar-refractivity contribution >= 4 is 17.7 Å². The Hall–Kier alpha value is -3.20. The van der Waals surface area contributed by atoms with E-state index in [9.17, 15) is 22.4 Å². The minimum absolute atomic E-state index is 0.0884. The first-order valence-corrected chi connectivity index (χ1v) is 12.8. The lowest BCUT2D eigenvalue weighted by atomic mass is 10.0. The number of aryl methyl sites for hydroxylation is 2. The monoisotopic (exact) mass is 536 g/mol. The zero-order valence-corrected chi connectivity index (χ0v) is 21.3. The minimum Gasteiger partial charge on any atom is -0.487 e. The highest BCUT2D eigenvalue weighted by molar-refractivity contribution is 7.99. The van der Waals surface area contributed by atoms with Crippen LogP contribution in [0.1, 0.15) is 43.4 Å². The molecule has 4 nitrogen and oxygen atoms in total. The lowest BCUT2D eigenvalue weighted by Gasteiger charge is -2.19. The molecule has 1 N–H and O–H groups in total. The highest BCUT2D eigenvalue weighted by Gasteiger charge is 2.32. The van der Waals surface area contributed by atoms with E-state index in [1.54, 1.807) is 11.8 Å². The highest BCUT2D eigenvalue weighted by Crippen LogP contribution is 2.39. The Bertz CT molecular complexity index is 1200. The average Bonchev–Trinajstić information content (AvgIpc) is 2.84. The fourth-order valence-electron chi connectivity index (χ4n) is 3.62. The molecule has 0 saturated carbocycles. The number of halogens is 4. The maximum atomic E-state index is 13.3. The third kappa shape index (κ3) is 8.70. The van der Waals surface area contributed by atoms with Crippen LogP contribution in [-0.2, 0) is 23.8 Å². The Morgan fingerprint density at radius 3 is 2.38 bits per heavy atom. The largest absolute Gasteiger partial charge is 0.487 e. The van der Waals surface area contributed by atoms with Crippen molar-refractivity contribution in [2.45, 2.75) is 56.7 Å². The first kappa shape index (κ1) is 28.4. The molecular formula is C28H28F4O4S. The lowest BCUT2D eigenvalue weighted by Crippen LogP contribution is -2.14. The van der Waals surface area contributed by atoms with Gasteiger partial charge in [0.05, 0.1) is 11.7 Å². The Morgan fingerprint density at radius 2 is 1.73 bits per heavy atom. The topological polar surface area (TPSA) is 55.8 Å². The number of thioether (sulfide) groups is 1. The first-order valence-electron chi connectivity index (χ1n) is 11.8. The second-order valence-electron chi connectivity index (χ2n) is 8.46.